The third-order valence-electron chi connectivity index (χ3n) is 4.53. The number of nitrogens with zero attached hydrogens (tertiary/aromatic N) is 3. The van der Waals surface area contributed by atoms with Crippen LogP contribution >= 0.6 is 11.3 Å². The van der Waals surface area contributed by atoms with E-state index in [1.54, 1.807) is 17.7 Å². The first-order chi connectivity index (χ1) is 10.6. The van der Waals surface area contributed by atoms with Crippen LogP contribution in [0.4, 0.5) is 5.82 Å². The highest BCUT2D eigenvalue weighted by Crippen LogP contribution is 2.35. The normalized spacial score (nSPS) is 23.9. The lowest BCUT2D eigenvalue weighted by Crippen LogP contribution is -2.55. The van der Waals surface area contributed by atoms with Gasteiger partial charge >= 0.3 is 0 Å². The third kappa shape index (κ3) is 2.49. The highest BCUT2D eigenvalue weighted by atomic mass is 32.2. The van der Waals surface area contributed by atoms with E-state index in [9.17, 15) is 8.42 Å². The maximum atomic E-state index is 11.7. The monoisotopic (exact) mass is 339 g/mol. The van der Waals surface area contributed by atoms with Gasteiger partial charge in [-0.05, 0) is 24.3 Å². The summed E-state index contributed by atoms with van der Waals surface area (Å²) < 4.78 is 29.4. The van der Waals surface area contributed by atoms with Crippen LogP contribution in [0.1, 0.15) is 12.8 Å². The molecular weight excluding hydrogens is 322 g/mol. The molecule has 2 fully saturated rings. The predicted molar refractivity (Wildman–Crippen MR) is 86.2 cm³/mol. The smallest absolute Gasteiger partial charge is 0.150 e. The van der Waals surface area contributed by atoms with E-state index in [1.165, 1.54) is 0 Å². The van der Waals surface area contributed by atoms with Gasteiger partial charge in [0.2, 0.25) is 0 Å². The molecule has 2 aromatic rings. The number of fused-ring (bicyclic) bond motifs is 1. The van der Waals surface area contributed by atoms with Gasteiger partial charge < -0.3 is 9.64 Å². The van der Waals surface area contributed by atoms with Gasteiger partial charge in [-0.25, -0.2) is 18.4 Å². The van der Waals surface area contributed by atoms with E-state index in [0.29, 0.717) is 26.0 Å². The molecule has 1 spiro atoms. The molecule has 0 bridgehead atoms. The molecule has 0 aromatic carbocycles. The molecule has 0 radical (unpaired) electrons. The Morgan fingerprint density at radius 1 is 1.27 bits per heavy atom. The Kier molecular flexibility index (Phi) is 3.35. The molecule has 0 amide bonds. The Hall–Kier alpha value is -1.25. The quantitative estimate of drug-likeness (QED) is 0.783. The number of aromatic nitrogens is 2. The summed E-state index contributed by atoms with van der Waals surface area (Å²) in [5.74, 6) is 1.37. The fraction of sp³-hybridized carbons (Fsp3) is 0.571. The van der Waals surface area contributed by atoms with Crippen molar-refractivity contribution in [2.24, 2.45) is 0 Å². The van der Waals surface area contributed by atoms with Crippen LogP contribution in [0, 0.1) is 0 Å². The van der Waals surface area contributed by atoms with Gasteiger partial charge in [0.05, 0.1) is 29.1 Å². The van der Waals surface area contributed by atoms with Crippen molar-refractivity contribution < 1.29 is 13.2 Å². The van der Waals surface area contributed by atoms with Gasteiger partial charge in [-0.1, -0.05) is 0 Å². The van der Waals surface area contributed by atoms with E-state index < -0.39 is 9.84 Å². The Balaban J connectivity index is 1.63. The van der Waals surface area contributed by atoms with Crippen LogP contribution in [0.15, 0.2) is 17.8 Å². The lowest BCUT2D eigenvalue weighted by molar-refractivity contribution is -0.0617. The van der Waals surface area contributed by atoms with Crippen LogP contribution in [-0.2, 0) is 14.6 Å². The standard InChI is InChI=1S/C14H17N3O3S2/c18-22(19)7-2-14(3-8-22)9-17(4-5-20-14)12-11-1-6-21-13(11)16-10-15-12/h1,6,10H,2-5,7-9H2. The van der Waals surface area contributed by atoms with Crippen LogP contribution in [0.25, 0.3) is 10.2 Å². The van der Waals surface area contributed by atoms with Crippen molar-refractivity contribution in [3.05, 3.63) is 17.8 Å². The fourth-order valence-corrected chi connectivity index (χ4v) is 5.56. The molecule has 0 aliphatic carbocycles. The number of sulfone groups is 1. The van der Waals surface area contributed by atoms with Gasteiger partial charge in [-0.15, -0.1) is 11.3 Å². The van der Waals surface area contributed by atoms with E-state index >= 15 is 0 Å². The molecule has 118 valence electrons. The van der Waals surface area contributed by atoms with Gasteiger partial charge in [0, 0.05) is 13.1 Å². The zero-order valence-electron chi connectivity index (χ0n) is 12.1. The van der Waals surface area contributed by atoms with Gasteiger partial charge in [-0.2, -0.15) is 0 Å². The Bertz CT molecular complexity index is 789. The fourth-order valence-electron chi connectivity index (χ4n) is 3.27. The molecule has 8 heteroatoms. The first kappa shape index (κ1) is 14.3. The predicted octanol–water partition coefficient (Wildman–Crippen LogP) is 1.48. The summed E-state index contributed by atoms with van der Waals surface area (Å²) >= 11 is 1.60. The second-order valence-corrected chi connectivity index (χ2v) is 9.14. The van der Waals surface area contributed by atoms with Crippen molar-refractivity contribution in [2.45, 2.75) is 18.4 Å². The average Bonchev–Trinajstić information content (AvgIpc) is 2.99. The van der Waals surface area contributed by atoms with Gasteiger partial charge in [-0.3, -0.25) is 0 Å². The summed E-state index contributed by atoms with van der Waals surface area (Å²) in [5.41, 5.74) is -0.350. The summed E-state index contributed by atoms with van der Waals surface area (Å²) in [6.07, 6.45) is 2.75. The van der Waals surface area contributed by atoms with Crippen LogP contribution in [-0.4, -0.2) is 55.2 Å². The number of hydrogen-bond donors (Lipinski definition) is 0. The number of anilines is 1. The summed E-state index contributed by atoms with van der Waals surface area (Å²) in [4.78, 5) is 12.0. The SMILES string of the molecule is O=S1(=O)CCC2(CC1)CN(c1ncnc3sccc13)CCO2. The number of morpholine rings is 1. The molecule has 0 unspecified atom stereocenters. The largest absolute Gasteiger partial charge is 0.371 e. The Morgan fingerprint density at radius 2 is 2.09 bits per heavy atom. The highest BCUT2D eigenvalue weighted by Gasteiger charge is 2.42. The topological polar surface area (TPSA) is 72.4 Å². The minimum atomic E-state index is -2.89. The van der Waals surface area contributed by atoms with E-state index in [1.807, 2.05) is 11.4 Å². The molecule has 2 aliphatic rings. The van der Waals surface area contributed by atoms with Crippen molar-refractivity contribution >= 4 is 37.2 Å². The minimum absolute atomic E-state index is 0.221. The summed E-state index contributed by atoms with van der Waals surface area (Å²) in [6, 6.07) is 2.04. The Morgan fingerprint density at radius 3 is 2.91 bits per heavy atom. The number of thiophene rings is 1. The zero-order chi connectivity index (χ0) is 15.2. The molecule has 4 rings (SSSR count). The van der Waals surface area contributed by atoms with Crippen LogP contribution in [0.3, 0.4) is 0 Å². The zero-order valence-corrected chi connectivity index (χ0v) is 13.7. The number of hydrogen-bond acceptors (Lipinski definition) is 7. The van der Waals surface area contributed by atoms with Gasteiger partial charge in [0.25, 0.3) is 0 Å². The lowest BCUT2D eigenvalue weighted by atomic mass is 9.94. The van der Waals surface area contributed by atoms with E-state index in [0.717, 1.165) is 22.6 Å². The highest BCUT2D eigenvalue weighted by molar-refractivity contribution is 7.91. The molecule has 2 aromatic heterocycles. The lowest BCUT2D eigenvalue weighted by Gasteiger charge is -2.45. The number of ether oxygens (including phenoxy) is 1. The van der Waals surface area contributed by atoms with Gasteiger partial charge in [0.1, 0.15) is 17.0 Å². The molecule has 2 aliphatic heterocycles. The second-order valence-electron chi connectivity index (χ2n) is 5.94. The van der Waals surface area contributed by atoms with E-state index in [4.69, 9.17) is 4.74 Å². The minimum Gasteiger partial charge on any atom is -0.371 e. The van der Waals surface area contributed by atoms with Gasteiger partial charge in [0.15, 0.2) is 9.84 Å². The average molecular weight is 339 g/mol. The van der Waals surface area contributed by atoms with Crippen LogP contribution < -0.4 is 4.90 Å². The molecule has 2 saturated heterocycles. The molecule has 0 atom stereocenters. The first-order valence-electron chi connectivity index (χ1n) is 7.35. The van der Waals surface area contributed by atoms with Crippen molar-refractivity contribution in [2.75, 3.05) is 36.1 Å². The van der Waals surface area contributed by atoms with Crippen LogP contribution in [0.2, 0.25) is 0 Å². The third-order valence-corrected chi connectivity index (χ3v) is 7.00. The summed E-state index contributed by atoms with van der Waals surface area (Å²) in [5, 5.41) is 3.08. The maximum Gasteiger partial charge on any atom is 0.150 e. The second kappa shape index (κ2) is 5.14. The van der Waals surface area contributed by atoms with Crippen molar-refractivity contribution in [1.82, 2.24) is 9.97 Å². The summed E-state index contributed by atoms with van der Waals surface area (Å²) in [6.45, 7) is 2.08. The molecular formula is C14H17N3O3S2. The molecule has 4 heterocycles. The van der Waals surface area contributed by atoms with E-state index in [2.05, 4.69) is 14.9 Å². The van der Waals surface area contributed by atoms with Crippen molar-refractivity contribution in [3.63, 3.8) is 0 Å². The molecule has 22 heavy (non-hydrogen) atoms. The van der Waals surface area contributed by atoms with E-state index in [-0.39, 0.29) is 17.1 Å². The maximum absolute atomic E-state index is 11.7. The van der Waals surface area contributed by atoms with Crippen LogP contribution in [0.5, 0.6) is 0 Å². The first-order valence-corrected chi connectivity index (χ1v) is 10.0. The van der Waals surface area contributed by atoms with Crippen molar-refractivity contribution in [3.8, 4) is 0 Å². The Labute approximate surface area is 133 Å². The molecule has 6 nitrogen and oxygen atoms in total. The van der Waals surface area contributed by atoms with Crippen molar-refractivity contribution in [1.29, 1.82) is 0 Å². The summed E-state index contributed by atoms with van der Waals surface area (Å²) in [7, 11) is -2.89. The molecule has 0 N–H and O–H groups in total. The molecule has 0 saturated carbocycles. The number of rotatable bonds is 1.